The molecule has 56 valence electrons. The first-order valence-electron chi connectivity index (χ1n) is 3.55. The number of aliphatic imine (C=N–C) groups is 1. The molecule has 0 aromatic heterocycles. The van der Waals surface area contributed by atoms with Crippen molar-refractivity contribution in [2.24, 2.45) is 10.4 Å². The van der Waals surface area contributed by atoms with E-state index in [9.17, 15) is 0 Å². The van der Waals surface area contributed by atoms with Crippen LogP contribution in [-0.2, 0) is 0 Å². The molecule has 0 bridgehead atoms. The summed E-state index contributed by atoms with van der Waals surface area (Å²) in [6.45, 7) is 6.61. The minimum Gasteiger partial charge on any atom is -0.369 e. The molecule has 0 spiro atoms. The van der Waals surface area contributed by atoms with Crippen molar-refractivity contribution in [3.63, 3.8) is 0 Å². The molecule has 0 aliphatic carbocycles. The summed E-state index contributed by atoms with van der Waals surface area (Å²) in [5.74, 6) is 0. The van der Waals surface area contributed by atoms with Crippen LogP contribution in [0.5, 0.6) is 0 Å². The predicted octanol–water partition coefficient (Wildman–Crippen LogP) is 1.55. The Hall–Kier alpha value is -0.790. The number of nitrogens with zero attached hydrogens (tertiary/aromatic N) is 1. The van der Waals surface area contributed by atoms with Crippen LogP contribution in [0.25, 0.3) is 0 Å². The molecule has 0 radical (unpaired) electrons. The summed E-state index contributed by atoms with van der Waals surface area (Å²) in [6, 6.07) is 0.421. The molecule has 1 aliphatic rings. The third kappa shape index (κ3) is 1.59. The van der Waals surface area contributed by atoms with Crippen LogP contribution in [0.15, 0.2) is 17.3 Å². The van der Waals surface area contributed by atoms with Gasteiger partial charge in [0.1, 0.15) is 0 Å². The van der Waals surface area contributed by atoms with Gasteiger partial charge in [0.05, 0.1) is 12.4 Å². The average molecular weight is 138 g/mol. The maximum absolute atomic E-state index is 3.92. The number of hydrogen-bond acceptors (Lipinski definition) is 2. The second-order valence-corrected chi connectivity index (χ2v) is 3.63. The highest BCUT2D eigenvalue weighted by Gasteiger charge is 2.21. The first kappa shape index (κ1) is 7.32. The Labute approximate surface area is 62.0 Å². The van der Waals surface area contributed by atoms with Crippen LogP contribution in [0.4, 0.5) is 0 Å². The molecule has 0 saturated carbocycles. The van der Waals surface area contributed by atoms with Crippen LogP contribution in [0.1, 0.15) is 20.8 Å². The number of rotatable bonds is 0. The third-order valence-corrected chi connectivity index (χ3v) is 1.63. The molecule has 1 unspecified atom stereocenters. The lowest BCUT2D eigenvalue weighted by Crippen LogP contribution is -2.38. The molecule has 2 nitrogen and oxygen atoms in total. The fourth-order valence-corrected chi connectivity index (χ4v) is 0.896. The van der Waals surface area contributed by atoms with Gasteiger partial charge < -0.3 is 5.32 Å². The lowest BCUT2D eigenvalue weighted by molar-refractivity contribution is 0.343. The van der Waals surface area contributed by atoms with Crippen LogP contribution in [0.3, 0.4) is 0 Å². The van der Waals surface area contributed by atoms with Crippen LogP contribution < -0.4 is 5.32 Å². The van der Waals surface area contributed by atoms with Crippen molar-refractivity contribution in [1.82, 2.24) is 5.32 Å². The van der Waals surface area contributed by atoms with Crippen LogP contribution >= 0.6 is 0 Å². The zero-order valence-corrected chi connectivity index (χ0v) is 6.76. The maximum Gasteiger partial charge on any atom is 0.0883 e. The smallest absolute Gasteiger partial charge is 0.0883 e. The normalized spacial score (nSPS) is 24.5. The fourth-order valence-electron chi connectivity index (χ4n) is 0.896. The molecule has 1 aliphatic heterocycles. The van der Waals surface area contributed by atoms with E-state index in [1.165, 1.54) is 0 Å². The van der Waals surface area contributed by atoms with Gasteiger partial charge in [0.15, 0.2) is 0 Å². The third-order valence-electron chi connectivity index (χ3n) is 1.63. The van der Waals surface area contributed by atoms with Gasteiger partial charge in [-0.3, -0.25) is 0 Å². The van der Waals surface area contributed by atoms with Crippen molar-refractivity contribution in [2.75, 3.05) is 0 Å². The van der Waals surface area contributed by atoms with E-state index >= 15 is 0 Å². The predicted molar refractivity (Wildman–Crippen MR) is 44.0 cm³/mol. The highest BCUT2D eigenvalue weighted by Crippen LogP contribution is 2.20. The van der Waals surface area contributed by atoms with E-state index in [1.807, 2.05) is 6.20 Å². The van der Waals surface area contributed by atoms with Gasteiger partial charge in [0, 0.05) is 6.20 Å². The molecule has 0 aromatic rings. The summed E-state index contributed by atoms with van der Waals surface area (Å²) >= 11 is 0. The molecular weight excluding hydrogens is 124 g/mol. The van der Waals surface area contributed by atoms with E-state index in [0.717, 1.165) is 0 Å². The van der Waals surface area contributed by atoms with Gasteiger partial charge in [0.25, 0.3) is 0 Å². The monoisotopic (exact) mass is 138 g/mol. The van der Waals surface area contributed by atoms with Crippen LogP contribution in [-0.4, -0.2) is 12.4 Å². The molecule has 1 rings (SSSR count). The molecule has 0 aromatic carbocycles. The molecule has 0 fully saturated rings. The first-order chi connectivity index (χ1) is 4.61. The highest BCUT2D eigenvalue weighted by atomic mass is 15.0. The molecule has 1 atom stereocenters. The van der Waals surface area contributed by atoms with Gasteiger partial charge in [-0.15, -0.1) is 0 Å². The van der Waals surface area contributed by atoms with Gasteiger partial charge in [0.2, 0.25) is 0 Å². The SMILES string of the molecule is CC(C)(C)C1C=CN=CN1. The van der Waals surface area contributed by atoms with E-state index in [-0.39, 0.29) is 5.41 Å². The van der Waals surface area contributed by atoms with E-state index in [1.54, 1.807) is 6.34 Å². The summed E-state index contributed by atoms with van der Waals surface area (Å²) in [7, 11) is 0. The lowest BCUT2D eigenvalue weighted by Gasteiger charge is -2.28. The molecule has 1 heterocycles. The van der Waals surface area contributed by atoms with E-state index in [4.69, 9.17) is 0 Å². The quantitative estimate of drug-likeness (QED) is 0.539. The molecule has 2 heteroatoms. The second-order valence-electron chi connectivity index (χ2n) is 3.63. The summed E-state index contributed by atoms with van der Waals surface area (Å²) in [5.41, 5.74) is 0.281. The second kappa shape index (κ2) is 2.45. The van der Waals surface area contributed by atoms with Gasteiger partial charge in [-0.2, -0.15) is 0 Å². The zero-order valence-electron chi connectivity index (χ0n) is 6.76. The van der Waals surface area contributed by atoms with Crippen molar-refractivity contribution in [3.8, 4) is 0 Å². The fraction of sp³-hybridized carbons (Fsp3) is 0.625. The Morgan fingerprint density at radius 2 is 2.10 bits per heavy atom. The van der Waals surface area contributed by atoms with E-state index in [0.29, 0.717) is 6.04 Å². The van der Waals surface area contributed by atoms with Crippen molar-refractivity contribution in [3.05, 3.63) is 12.3 Å². The molecule has 1 N–H and O–H groups in total. The summed E-state index contributed by atoms with van der Waals surface area (Å²) in [5, 5.41) is 3.18. The Morgan fingerprint density at radius 3 is 2.40 bits per heavy atom. The Bertz CT molecular complexity index is 163. The van der Waals surface area contributed by atoms with E-state index < -0.39 is 0 Å². The van der Waals surface area contributed by atoms with Gasteiger partial charge in [-0.25, -0.2) is 4.99 Å². The summed E-state index contributed by atoms with van der Waals surface area (Å²) in [4.78, 5) is 3.92. The van der Waals surface area contributed by atoms with Crippen molar-refractivity contribution in [1.29, 1.82) is 0 Å². The van der Waals surface area contributed by atoms with Crippen molar-refractivity contribution >= 4 is 6.34 Å². The molecule has 0 saturated heterocycles. The Balaban J connectivity index is 2.60. The minimum absolute atomic E-state index is 0.281. The maximum atomic E-state index is 3.92. The molecule has 0 amide bonds. The first-order valence-corrected chi connectivity index (χ1v) is 3.55. The van der Waals surface area contributed by atoms with Gasteiger partial charge in [-0.05, 0) is 11.5 Å². The Kier molecular flexibility index (Phi) is 1.79. The van der Waals surface area contributed by atoms with Gasteiger partial charge in [-0.1, -0.05) is 20.8 Å². The summed E-state index contributed by atoms with van der Waals surface area (Å²) in [6.07, 6.45) is 5.67. The highest BCUT2D eigenvalue weighted by molar-refractivity contribution is 5.57. The Morgan fingerprint density at radius 1 is 1.40 bits per heavy atom. The minimum atomic E-state index is 0.281. The largest absolute Gasteiger partial charge is 0.369 e. The van der Waals surface area contributed by atoms with E-state index in [2.05, 4.69) is 37.2 Å². The topological polar surface area (TPSA) is 24.4 Å². The molecule has 10 heavy (non-hydrogen) atoms. The van der Waals surface area contributed by atoms with Crippen molar-refractivity contribution < 1.29 is 0 Å². The number of nitrogens with one attached hydrogen (secondary N) is 1. The lowest BCUT2D eigenvalue weighted by atomic mass is 9.87. The van der Waals surface area contributed by atoms with Crippen molar-refractivity contribution in [2.45, 2.75) is 26.8 Å². The average Bonchev–Trinajstić information content (AvgIpc) is 1.88. The van der Waals surface area contributed by atoms with Crippen LogP contribution in [0.2, 0.25) is 0 Å². The zero-order chi connectivity index (χ0) is 7.61. The number of hydrogen-bond donors (Lipinski definition) is 1. The van der Waals surface area contributed by atoms with Crippen LogP contribution in [0, 0.1) is 5.41 Å². The summed E-state index contributed by atoms with van der Waals surface area (Å²) < 4.78 is 0. The van der Waals surface area contributed by atoms with Gasteiger partial charge >= 0.3 is 0 Å². The standard InChI is InChI=1S/C8H14N2/c1-8(2,3)7-4-5-9-6-10-7/h4-7H,1-3H3,(H,9,10). The molecular formula is C8H14N2.